The fraction of sp³-hybridized carbons (Fsp3) is 0.0769. The third kappa shape index (κ3) is 5.26. The molecule has 55 heavy (non-hydrogen) atoms. The molecule has 2 heterocycles. The summed E-state index contributed by atoms with van der Waals surface area (Å²) in [5.41, 5.74) is 16.9. The van der Waals surface area contributed by atoms with Crippen molar-refractivity contribution in [2.45, 2.75) is 26.2 Å². The van der Waals surface area contributed by atoms with E-state index >= 15 is 0 Å². The third-order valence-corrected chi connectivity index (χ3v) is 11.3. The minimum atomic E-state index is -0.339. The van der Waals surface area contributed by atoms with Crippen molar-refractivity contribution >= 4 is 34.1 Å². The summed E-state index contributed by atoms with van der Waals surface area (Å²) >= 11 is 0. The molecule has 0 N–H and O–H groups in total. The summed E-state index contributed by atoms with van der Waals surface area (Å²) in [5, 5.41) is 0. The van der Waals surface area contributed by atoms with E-state index in [0.29, 0.717) is 0 Å². The molecule has 3 heteroatoms. The summed E-state index contributed by atoms with van der Waals surface area (Å²) in [6.07, 6.45) is 0. The van der Waals surface area contributed by atoms with Gasteiger partial charge in [-0.15, -0.1) is 0 Å². The van der Waals surface area contributed by atoms with Gasteiger partial charge in [-0.25, -0.2) is 0 Å². The van der Waals surface area contributed by atoms with Gasteiger partial charge in [0.15, 0.2) is 11.5 Å². The molecule has 2 aliphatic rings. The van der Waals surface area contributed by atoms with Crippen LogP contribution in [0.1, 0.15) is 30.5 Å². The number of anilines is 6. The van der Waals surface area contributed by atoms with E-state index in [1.807, 2.05) is 0 Å². The van der Waals surface area contributed by atoms with E-state index in [1.165, 1.54) is 39.1 Å². The van der Waals surface area contributed by atoms with Crippen LogP contribution in [-0.2, 0) is 5.41 Å². The van der Waals surface area contributed by atoms with Crippen molar-refractivity contribution in [2.75, 3.05) is 9.80 Å². The van der Waals surface area contributed by atoms with Gasteiger partial charge in [0.25, 0.3) is 0 Å². The first-order chi connectivity index (χ1) is 27.0. The van der Waals surface area contributed by atoms with Gasteiger partial charge in [-0.3, -0.25) is 0 Å². The Hall–Kier alpha value is -6.84. The van der Waals surface area contributed by atoms with Gasteiger partial charge in [-0.2, -0.15) is 0 Å². The van der Waals surface area contributed by atoms with Crippen molar-refractivity contribution in [3.63, 3.8) is 0 Å². The summed E-state index contributed by atoms with van der Waals surface area (Å²) in [5.74, 6) is 1.69. The molecule has 2 aliphatic heterocycles. The number of para-hydroxylation sites is 2. The van der Waals surface area contributed by atoms with Crippen molar-refractivity contribution < 1.29 is 4.74 Å². The van der Waals surface area contributed by atoms with Gasteiger partial charge in [-0.1, -0.05) is 166 Å². The lowest BCUT2D eigenvalue weighted by molar-refractivity contribution is 0.472. The average Bonchev–Trinajstić information content (AvgIpc) is 3.24. The highest BCUT2D eigenvalue weighted by molar-refractivity contribution is 6.01. The molecule has 0 fully saturated rings. The van der Waals surface area contributed by atoms with Crippen molar-refractivity contribution in [1.29, 1.82) is 0 Å². The highest BCUT2D eigenvalue weighted by Crippen LogP contribution is 2.64. The molecular formula is C52H40N2O. The molecule has 0 atom stereocenters. The highest BCUT2D eigenvalue weighted by Gasteiger charge is 2.45. The first kappa shape index (κ1) is 32.8. The number of ether oxygens (including phenoxy) is 1. The molecule has 0 radical (unpaired) electrons. The zero-order valence-corrected chi connectivity index (χ0v) is 31.2. The minimum Gasteiger partial charge on any atom is -0.451 e. The third-order valence-electron chi connectivity index (χ3n) is 11.3. The Bertz CT molecular complexity index is 2700. The highest BCUT2D eigenvalue weighted by atomic mass is 16.5. The summed E-state index contributed by atoms with van der Waals surface area (Å²) in [6, 6.07) is 67.4. The van der Waals surface area contributed by atoms with Crippen LogP contribution in [-0.4, -0.2) is 0 Å². The van der Waals surface area contributed by atoms with Gasteiger partial charge in [0.2, 0.25) is 0 Å². The molecule has 0 saturated carbocycles. The Morgan fingerprint density at radius 1 is 0.473 bits per heavy atom. The summed E-state index contributed by atoms with van der Waals surface area (Å²) < 4.78 is 7.24. The molecule has 8 aromatic rings. The number of hydrogen-bond acceptors (Lipinski definition) is 3. The Balaban J connectivity index is 1.25. The second-order valence-corrected chi connectivity index (χ2v) is 15.0. The molecule has 0 saturated heterocycles. The molecule has 0 spiro atoms. The Morgan fingerprint density at radius 2 is 1.05 bits per heavy atom. The zero-order valence-electron chi connectivity index (χ0n) is 31.2. The van der Waals surface area contributed by atoms with E-state index < -0.39 is 0 Å². The summed E-state index contributed by atoms with van der Waals surface area (Å²) in [7, 11) is 0. The van der Waals surface area contributed by atoms with Crippen molar-refractivity contribution in [3.05, 3.63) is 205 Å². The van der Waals surface area contributed by atoms with E-state index in [1.54, 1.807) is 0 Å². The molecular weight excluding hydrogens is 669 g/mol. The standard InChI is InChI=1S/C52H40N2O/c1-35-17-15-28-47-49(35)54-45-27-16-25-42(39-22-11-6-12-23-39)48(45)52(2,3)43-33-34-46(51(55-47)50(43)54)53(40-31-29-37(30-32-40)36-18-7-4-8-19-36)44-26-14-13-24-41(44)38-20-9-5-10-21-38/h4-34H,1-3H3. The van der Waals surface area contributed by atoms with Crippen molar-refractivity contribution in [1.82, 2.24) is 0 Å². The fourth-order valence-electron chi connectivity index (χ4n) is 8.78. The molecule has 0 bridgehead atoms. The number of benzene rings is 8. The first-order valence-corrected chi connectivity index (χ1v) is 19.0. The van der Waals surface area contributed by atoms with E-state index in [2.05, 4.69) is 219 Å². The van der Waals surface area contributed by atoms with E-state index in [9.17, 15) is 0 Å². The Morgan fingerprint density at radius 3 is 1.76 bits per heavy atom. The lowest BCUT2D eigenvalue weighted by atomic mass is 9.70. The van der Waals surface area contributed by atoms with Crippen molar-refractivity contribution in [2.24, 2.45) is 0 Å². The maximum Gasteiger partial charge on any atom is 0.175 e. The van der Waals surface area contributed by atoms with Crippen LogP contribution >= 0.6 is 0 Å². The predicted octanol–water partition coefficient (Wildman–Crippen LogP) is 14.7. The summed E-state index contributed by atoms with van der Waals surface area (Å²) in [6.45, 7) is 6.92. The van der Waals surface area contributed by atoms with Crippen LogP contribution in [0.5, 0.6) is 11.5 Å². The van der Waals surface area contributed by atoms with Crippen LogP contribution in [0.4, 0.5) is 34.1 Å². The van der Waals surface area contributed by atoms with Crippen LogP contribution in [0.2, 0.25) is 0 Å². The van der Waals surface area contributed by atoms with Gasteiger partial charge < -0.3 is 14.5 Å². The molecule has 0 amide bonds. The van der Waals surface area contributed by atoms with Gasteiger partial charge in [-0.05, 0) is 87.8 Å². The van der Waals surface area contributed by atoms with Gasteiger partial charge in [0.05, 0.1) is 28.4 Å². The normalized spacial score (nSPS) is 13.3. The second-order valence-electron chi connectivity index (χ2n) is 15.0. The molecule has 3 nitrogen and oxygen atoms in total. The van der Waals surface area contributed by atoms with Crippen LogP contribution in [0.25, 0.3) is 33.4 Å². The number of hydrogen-bond donors (Lipinski definition) is 0. The Kier molecular flexibility index (Phi) is 7.71. The summed E-state index contributed by atoms with van der Waals surface area (Å²) in [4.78, 5) is 4.86. The maximum atomic E-state index is 7.24. The smallest absolute Gasteiger partial charge is 0.175 e. The van der Waals surface area contributed by atoms with E-state index in [-0.39, 0.29) is 5.41 Å². The lowest BCUT2D eigenvalue weighted by Crippen LogP contribution is -2.33. The molecule has 0 aromatic heterocycles. The second kappa shape index (κ2) is 12.9. The largest absolute Gasteiger partial charge is 0.451 e. The first-order valence-electron chi connectivity index (χ1n) is 19.0. The predicted molar refractivity (Wildman–Crippen MR) is 229 cm³/mol. The van der Waals surface area contributed by atoms with Gasteiger partial charge >= 0.3 is 0 Å². The quantitative estimate of drug-likeness (QED) is 0.171. The fourth-order valence-corrected chi connectivity index (χ4v) is 8.78. The number of nitrogens with zero attached hydrogens (tertiary/aromatic N) is 2. The van der Waals surface area contributed by atoms with Crippen LogP contribution < -0.4 is 14.5 Å². The zero-order chi connectivity index (χ0) is 37.1. The molecule has 8 aromatic carbocycles. The van der Waals surface area contributed by atoms with Crippen LogP contribution in [0.3, 0.4) is 0 Å². The lowest BCUT2D eigenvalue weighted by Gasteiger charge is -2.47. The Labute approximate surface area is 323 Å². The number of aryl methyl sites for hydroxylation is 1. The van der Waals surface area contributed by atoms with Crippen molar-refractivity contribution in [3.8, 4) is 44.9 Å². The van der Waals surface area contributed by atoms with E-state index in [0.717, 1.165) is 56.6 Å². The topological polar surface area (TPSA) is 15.7 Å². The number of rotatable bonds is 6. The number of fused-ring (bicyclic) bond motifs is 4. The maximum absolute atomic E-state index is 7.24. The average molecular weight is 709 g/mol. The monoisotopic (exact) mass is 708 g/mol. The SMILES string of the molecule is Cc1cccc2c1N1c3cccc(-c4ccccc4)c3C(C)(C)c3ccc(N(c4ccc(-c5ccccc5)cc4)c4ccccc4-c4ccccc4)c(c31)O2. The van der Waals surface area contributed by atoms with Crippen LogP contribution in [0.15, 0.2) is 188 Å². The van der Waals surface area contributed by atoms with Gasteiger partial charge in [0, 0.05) is 16.7 Å². The molecule has 10 rings (SSSR count). The molecule has 264 valence electrons. The molecule has 0 aliphatic carbocycles. The molecule has 0 unspecified atom stereocenters. The van der Waals surface area contributed by atoms with Gasteiger partial charge in [0.1, 0.15) is 0 Å². The van der Waals surface area contributed by atoms with Crippen LogP contribution in [0, 0.1) is 6.92 Å². The minimum absolute atomic E-state index is 0.339. The van der Waals surface area contributed by atoms with E-state index in [4.69, 9.17) is 4.74 Å².